The molecule has 1 unspecified atom stereocenters. The van der Waals surface area contributed by atoms with Crippen molar-refractivity contribution in [3.05, 3.63) is 23.0 Å². The number of imidazole rings is 1. The minimum absolute atomic E-state index is 0.601. The highest BCUT2D eigenvalue weighted by molar-refractivity contribution is 7.16. The normalized spacial score (nSPS) is 12.1. The summed E-state index contributed by atoms with van der Waals surface area (Å²) in [5, 5.41) is 0. The highest BCUT2D eigenvalue weighted by Crippen LogP contribution is 2.24. The Hall–Kier alpha value is -0.765. The molecule has 0 amide bonds. The second-order valence-corrected chi connectivity index (χ2v) is 5.28. The quantitative estimate of drug-likeness (QED) is 0.719. The smallest absolute Gasteiger partial charge is 0.194 e. The summed E-state index contributed by atoms with van der Waals surface area (Å²) in [6, 6.07) is 0. The van der Waals surface area contributed by atoms with E-state index >= 15 is 0 Å². The number of nitrogens with zero attached hydrogens (tertiary/aromatic N) is 2. The number of aromatic nitrogens is 2. The lowest BCUT2D eigenvalue weighted by atomic mass is 9.88. The van der Waals surface area contributed by atoms with E-state index in [4.69, 9.17) is 0 Å². The molecule has 87 valence electrons. The van der Waals surface area contributed by atoms with Crippen molar-refractivity contribution in [2.75, 3.05) is 0 Å². The zero-order valence-corrected chi connectivity index (χ0v) is 11.6. The molecule has 2 rings (SSSR count). The molecule has 0 N–H and O–H groups in total. The number of fused-ring (bicyclic) bond motifs is 1. The number of rotatable bonds is 2. The highest BCUT2D eigenvalue weighted by Gasteiger charge is 2.10. The van der Waals surface area contributed by atoms with Crippen molar-refractivity contribution in [3.63, 3.8) is 0 Å². The van der Waals surface area contributed by atoms with Crippen LogP contribution in [0.4, 0.5) is 0 Å². The van der Waals surface area contributed by atoms with Crippen molar-refractivity contribution < 1.29 is 0 Å². The van der Waals surface area contributed by atoms with Crippen molar-refractivity contribution in [1.29, 1.82) is 0 Å². The fourth-order valence-corrected chi connectivity index (χ4v) is 2.30. The predicted octanol–water partition coefficient (Wildman–Crippen LogP) is 4.00. The van der Waals surface area contributed by atoms with Crippen LogP contribution in [-0.4, -0.2) is 16.7 Å². The minimum atomic E-state index is 0.601. The summed E-state index contributed by atoms with van der Waals surface area (Å²) in [6.07, 6.45) is 5.34. The Balaban J connectivity index is 0.000000386. The van der Waals surface area contributed by atoms with Gasteiger partial charge in [0.2, 0.25) is 0 Å². The molecule has 0 saturated carbocycles. The minimum Gasteiger partial charge on any atom is -0.294 e. The Labute approximate surface area is 103 Å². The number of hydrogen-bond acceptors (Lipinski definition) is 2. The summed E-state index contributed by atoms with van der Waals surface area (Å²) >= 11 is 1.75. The molecular weight excluding hydrogens is 215 g/mol. The topological polar surface area (TPSA) is 17.3 Å². The lowest BCUT2D eigenvalue weighted by Crippen LogP contribution is -1.94. The number of aryl methyl sites for hydroxylation is 1. The van der Waals surface area contributed by atoms with Gasteiger partial charge in [-0.1, -0.05) is 27.5 Å². The van der Waals surface area contributed by atoms with Crippen molar-refractivity contribution >= 4 is 23.6 Å². The summed E-state index contributed by atoms with van der Waals surface area (Å²) in [5.74, 6) is 0.601. The lowest BCUT2D eigenvalue weighted by Gasteiger charge is -2.05. The summed E-state index contributed by atoms with van der Waals surface area (Å²) in [4.78, 5) is 6.83. The first kappa shape index (κ1) is 13.3. The van der Waals surface area contributed by atoms with Gasteiger partial charge >= 0.3 is 0 Å². The first-order valence-electron chi connectivity index (χ1n) is 5.81. The van der Waals surface area contributed by atoms with E-state index in [1.807, 2.05) is 27.1 Å². The fraction of sp³-hybridized carbons (Fsp3) is 0.583. The average molecular weight is 235 g/mol. The van der Waals surface area contributed by atoms with Crippen molar-refractivity contribution in [1.82, 2.24) is 9.38 Å². The molecule has 2 aromatic heterocycles. The summed E-state index contributed by atoms with van der Waals surface area (Å²) in [7, 11) is 2.00. The van der Waals surface area contributed by atoms with E-state index in [-0.39, 0.29) is 0 Å². The Morgan fingerprint density at radius 1 is 1.50 bits per heavy atom. The maximum Gasteiger partial charge on any atom is 0.194 e. The van der Waals surface area contributed by atoms with Gasteiger partial charge in [0.05, 0.1) is 6.20 Å². The molecule has 0 bridgehead atoms. The SMILES string of the molecule is CCC(C)c1cnc2sc(C)cn12.C[B]C. The van der Waals surface area contributed by atoms with Crippen molar-refractivity contribution in [3.8, 4) is 0 Å². The van der Waals surface area contributed by atoms with Gasteiger partial charge in [0.25, 0.3) is 0 Å². The second kappa shape index (κ2) is 6.09. The molecule has 2 heterocycles. The van der Waals surface area contributed by atoms with Crippen LogP contribution in [0.3, 0.4) is 0 Å². The van der Waals surface area contributed by atoms with Crippen LogP contribution < -0.4 is 0 Å². The predicted molar refractivity (Wildman–Crippen MR) is 74.0 cm³/mol. The average Bonchev–Trinajstić information content (AvgIpc) is 2.76. The molecule has 0 aliphatic rings. The third kappa shape index (κ3) is 2.88. The molecule has 16 heavy (non-hydrogen) atoms. The van der Waals surface area contributed by atoms with Gasteiger partial charge in [0, 0.05) is 16.8 Å². The third-order valence-electron chi connectivity index (χ3n) is 2.47. The van der Waals surface area contributed by atoms with Crippen molar-refractivity contribution in [2.24, 2.45) is 0 Å². The van der Waals surface area contributed by atoms with E-state index in [0.29, 0.717) is 5.92 Å². The van der Waals surface area contributed by atoms with Gasteiger partial charge in [-0.2, -0.15) is 0 Å². The van der Waals surface area contributed by atoms with E-state index in [1.165, 1.54) is 17.0 Å². The summed E-state index contributed by atoms with van der Waals surface area (Å²) in [5.41, 5.74) is 1.34. The van der Waals surface area contributed by atoms with Gasteiger partial charge < -0.3 is 0 Å². The third-order valence-corrected chi connectivity index (χ3v) is 3.38. The summed E-state index contributed by atoms with van der Waals surface area (Å²) in [6.45, 7) is 10.6. The van der Waals surface area contributed by atoms with Crippen LogP contribution in [0, 0.1) is 6.92 Å². The molecule has 0 aliphatic heterocycles. The Morgan fingerprint density at radius 3 is 2.69 bits per heavy atom. The zero-order valence-electron chi connectivity index (χ0n) is 10.8. The molecule has 4 heteroatoms. The van der Waals surface area contributed by atoms with E-state index in [1.54, 1.807) is 11.3 Å². The van der Waals surface area contributed by atoms with Gasteiger partial charge in [0.1, 0.15) is 7.28 Å². The number of thiazole rings is 1. The van der Waals surface area contributed by atoms with E-state index in [0.717, 1.165) is 4.96 Å². The molecule has 0 saturated heterocycles. The van der Waals surface area contributed by atoms with Crippen LogP contribution in [0.2, 0.25) is 13.6 Å². The van der Waals surface area contributed by atoms with Crippen LogP contribution in [-0.2, 0) is 0 Å². The molecule has 0 aliphatic carbocycles. The summed E-state index contributed by atoms with van der Waals surface area (Å²) < 4.78 is 2.22. The molecule has 2 aromatic rings. The fourth-order valence-electron chi connectivity index (χ4n) is 1.49. The Morgan fingerprint density at radius 2 is 2.12 bits per heavy atom. The van der Waals surface area contributed by atoms with Crippen molar-refractivity contribution in [2.45, 2.75) is 46.8 Å². The Bertz CT molecular complexity index is 433. The molecular formula is C12H20BN2S. The van der Waals surface area contributed by atoms with Crippen LogP contribution in [0.15, 0.2) is 12.4 Å². The monoisotopic (exact) mass is 235 g/mol. The van der Waals surface area contributed by atoms with Gasteiger partial charge in [-0.25, -0.2) is 4.98 Å². The highest BCUT2D eigenvalue weighted by atomic mass is 32.1. The van der Waals surface area contributed by atoms with Gasteiger partial charge in [-0.05, 0) is 19.3 Å². The largest absolute Gasteiger partial charge is 0.294 e. The van der Waals surface area contributed by atoms with Crippen LogP contribution in [0.1, 0.15) is 36.8 Å². The van der Waals surface area contributed by atoms with E-state index in [2.05, 4.69) is 36.4 Å². The molecule has 0 fully saturated rings. The first-order valence-corrected chi connectivity index (χ1v) is 6.63. The van der Waals surface area contributed by atoms with Crippen LogP contribution in [0.5, 0.6) is 0 Å². The standard InChI is InChI=1S/C10H14N2S.C2H6B/c1-4-7(2)9-5-11-10-12(9)6-8(3)13-10;1-3-2/h5-7H,4H2,1-3H3;1-2H3. The number of hydrogen-bond donors (Lipinski definition) is 0. The van der Waals surface area contributed by atoms with E-state index < -0.39 is 0 Å². The van der Waals surface area contributed by atoms with Gasteiger partial charge in [-0.3, -0.25) is 4.40 Å². The van der Waals surface area contributed by atoms with E-state index in [9.17, 15) is 0 Å². The molecule has 2 nitrogen and oxygen atoms in total. The second-order valence-electron chi connectivity index (χ2n) is 4.06. The first-order chi connectivity index (χ1) is 7.63. The zero-order chi connectivity index (χ0) is 12.1. The molecule has 0 spiro atoms. The molecule has 0 aromatic carbocycles. The molecule has 1 atom stereocenters. The van der Waals surface area contributed by atoms with Gasteiger partial charge in [-0.15, -0.1) is 11.3 Å². The maximum atomic E-state index is 4.39. The van der Waals surface area contributed by atoms with Crippen LogP contribution >= 0.6 is 11.3 Å². The van der Waals surface area contributed by atoms with Crippen LogP contribution in [0.25, 0.3) is 4.96 Å². The lowest BCUT2D eigenvalue weighted by molar-refractivity contribution is 0.701. The Kier molecular flexibility index (Phi) is 5.06. The van der Waals surface area contributed by atoms with Gasteiger partial charge in [0.15, 0.2) is 4.96 Å². The molecule has 1 radical (unpaired) electrons. The maximum absolute atomic E-state index is 4.39.